The van der Waals surface area contributed by atoms with Crippen LogP contribution in [-0.2, 0) is 0 Å². The molecule has 0 radical (unpaired) electrons. The molecule has 0 aliphatic rings. The number of rotatable bonds is 0. The molecule has 0 aliphatic carbocycles. The van der Waals surface area contributed by atoms with Crippen LogP contribution in [0, 0.1) is 0 Å². The van der Waals surface area contributed by atoms with Gasteiger partial charge in [0.1, 0.15) is 5.65 Å². The first-order chi connectivity index (χ1) is 7.36. The molecular weight excluding hydrogens is 254 g/mol. The summed E-state index contributed by atoms with van der Waals surface area (Å²) >= 11 is 3.33. The summed E-state index contributed by atoms with van der Waals surface area (Å²) in [6.45, 7) is 0. The average Bonchev–Trinajstić information content (AvgIpc) is 2.81. The number of nitrogens with zero attached hydrogens (tertiary/aromatic N) is 1. The smallest absolute Gasteiger partial charge is 0.115 e. The molecule has 0 bridgehead atoms. The second-order valence-corrected chi connectivity index (χ2v) is 3.80. The number of aromatic nitrogens is 3. The van der Waals surface area contributed by atoms with Crippen LogP contribution >= 0.6 is 15.9 Å². The molecule has 3 aromatic heterocycles. The molecule has 3 nitrogen and oxygen atoms in total. The van der Waals surface area contributed by atoms with E-state index in [4.69, 9.17) is 0 Å². The minimum absolute atomic E-state index is 1.02. The summed E-state index contributed by atoms with van der Waals surface area (Å²) in [6.07, 6.45) is 5.41. The zero-order chi connectivity index (χ0) is 10.5. The minimum atomic E-state index is 1.02. The summed E-state index contributed by atoms with van der Waals surface area (Å²) < 4.78 is 1.02. The first kappa shape index (κ1) is 9.98. The van der Waals surface area contributed by atoms with Crippen molar-refractivity contribution in [3.63, 3.8) is 0 Å². The highest BCUT2D eigenvalue weighted by Gasteiger charge is 1.95. The lowest BCUT2D eigenvalue weighted by Gasteiger charge is -1.74. The monoisotopic (exact) mass is 263 g/mol. The van der Waals surface area contributed by atoms with Gasteiger partial charge in [-0.3, -0.25) is 4.98 Å². The Kier molecular flexibility index (Phi) is 3.19. The lowest BCUT2D eigenvalue weighted by Crippen LogP contribution is -1.62. The van der Waals surface area contributed by atoms with E-state index >= 15 is 0 Å². The lowest BCUT2D eigenvalue weighted by molar-refractivity contribution is 1.32. The number of halogens is 1. The van der Waals surface area contributed by atoms with E-state index < -0.39 is 0 Å². The van der Waals surface area contributed by atoms with Gasteiger partial charge < -0.3 is 9.97 Å². The van der Waals surface area contributed by atoms with Gasteiger partial charge in [0.05, 0.1) is 4.60 Å². The van der Waals surface area contributed by atoms with Crippen molar-refractivity contribution >= 4 is 27.0 Å². The highest BCUT2D eigenvalue weighted by atomic mass is 79.9. The van der Waals surface area contributed by atoms with Crippen molar-refractivity contribution in [2.45, 2.75) is 0 Å². The Morgan fingerprint density at radius 2 is 1.93 bits per heavy atom. The Morgan fingerprint density at radius 1 is 1.13 bits per heavy atom. The molecule has 3 rings (SSSR count). The van der Waals surface area contributed by atoms with Gasteiger partial charge in [-0.1, -0.05) is 6.07 Å². The summed E-state index contributed by atoms with van der Waals surface area (Å²) in [4.78, 5) is 9.94. The van der Waals surface area contributed by atoms with E-state index in [9.17, 15) is 0 Å². The third kappa shape index (κ3) is 2.70. The summed E-state index contributed by atoms with van der Waals surface area (Å²) in [7, 11) is 0. The fraction of sp³-hybridized carbons (Fsp3) is 0. The maximum atomic E-state index is 3.78. The molecular formula is C11H10BrN3. The highest BCUT2D eigenvalue weighted by molar-refractivity contribution is 9.10. The van der Waals surface area contributed by atoms with E-state index in [-0.39, 0.29) is 0 Å². The molecule has 0 saturated heterocycles. The molecule has 76 valence electrons. The Labute approximate surface area is 95.7 Å². The largest absolute Gasteiger partial charge is 0.348 e. The molecule has 0 aromatic carbocycles. The van der Waals surface area contributed by atoms with Crippen molar-refractivity contribution in [2.24, 2.45) is 0 Å². The van der Waals surface area contributed by atoms with E-state index in [1.54, 1.807) is 12.4 Å². The van der Waals surface area contributed by atoms with Crippen molar-refractivity contribution in [3.05, 3.63) is 53.5 Å². The lowest BCUT2D eigenvalue weighted by atomic mass is 10.4. The maximum absolute atomic E-state index is 3.78. The van der Waals surface area contributed by atoms with Crippen LogP contribution in [0.15, 0.2) is 53.5 Å². The van der Waals surface area contributed by atoms with Crippen molar-refractivity contribution in [2.75, 3.05) is 0 Å². The van der Waals surface area contributed by atoms with Gasteiger partial charge in [0.25, 0.3) is 0 Å². The molecule has 0 unspecified atom stereocenters. The van der Waals surface area contributed by atoms with E-state index in [1.165, 1.54) is 5.39 Å². The van der Waals surface area contributed by atoms with Crippen LogP contribution in [0.5, 0.6) is 0 Å². The van der Waals surface area contributed by atoms with Crippen LogP contribution in [0.3, 0.4) is 0 Å². The molecule has 0 spiro atoms. The predicted octanol–water partition coefficient (Wildman–Crippen LogP) is 3.34. The second kappa shape index (κ2) is 4.79. The van der Waals surface area contributed by atoms with Crippen molar-refractivity contribution in [3.8, 4) is 0 Å². The van der Waals surface area contributed by atoms with Gasteiger partial charge in [-0.2, -0.15) is 0 Å². The standard InChI is InChI=1S/C6H5BrN2.C5H5N/c7-5-3-4-1-2-8-6(4)9-5;1-2-4-6-5-3-1/h1-3,8-9H;1-5H. The van der Waals surface area contributed by atoms with Gasteiger partial charge in [-0.05, 0) is 40.2 Å². The maximum Gasteiger partial charge on any atom is 0.115 e. The number of fused-ring (bicyclic) bond motifs is 1. The van der Waals surface area contributed by atoms with Crippen LogP contribution in [0.25, 0.3) is 11.0 Å². The SMILES string of the molecule is Brc1cc2cc[nH]c2[nH]1.c1ccncc1. The average molecular weight is 264 g/mol. The normalized spacial score (nSPS) is 9.67. The summed E-state index contributed by atoms with van der Waals surface area (Å²) in [6, 6.07) is 9.77. The van der Waals surface area contributed by atoms with E-state index in [1.807, 2.05) is 36.5 Å². The summed E-state index contributed by atoms with van der Waals surface area (Å²) in [5, 5.41) is 1.21. The minimum Gasteiger partial charge on any atom is -0.348 e. The molecule has 4 heteroatoms. The third-order valence-electron chi connectivity index (χ3n) is 1.87. The fourth-order valence-electron chi connectivity index (χ4n) is 1.21. The molecule has 0 fully saturated rings. The highest BCUT2D eigenvalue weighted by Crippen LogP contribution is 2.16. The second-order valence-electron chi connectivity index (χ2n) is 2.95. The van der Waals surface area contributed by atoms with E-state index in [2.05, 4.69) is 30.9 Å². The zero-order valence-electron chi connectivity index (χ0n) is 7.94. The van der Waals surface area contributed by atoms with Crippen molar-refractivity contribution in [1.29, 1.82) is 0 Å². The Hall–Kier alpha value is -1.55. The molecule has 0 atom stereocenters. The van der Waals surface area contributed by atoms with Gasteiger partial charge in [-0.15, -0.1) is 0 Å². The van der Waals surface area contributed by atoms with Gasteiger partial charge in [0.2, 0.25) is 0 Å². The number of pyridine rings is 1. The van der Waals surface area contributed by atoms with Crippen LogP contribution in [0.4, 0.5) is 0 Å². The molecule has 2 N–H and O–H groups in total. The Bertz CT molecular complexity index is 457. The number of aromatic amines is 2. The fourth-order valence-corrected chi connectivity index (χ4v) is 1.66. The molecule has 0 amide bonds. The van der Waals surface area contributed by atoms with Crippen molar-refractivity contribution in [1.82, 2.24) is 15.0 Å². The molecule has 3 aromatic rings. The number of nitrogens with one attached hydrogen (secondary N) is 2. The third-order valence-corrected chi connectivity index (χ3v) is 2.30. The zero-order valence-corrected chi connectivity index (χ0v) is 9.53. The molecule has 0 saturated carbocycles. The van der Waals surface area contributed by atoms with Crippen LogP contribution < -0.4 is 0 Å². The van der Waals surface area contributed by atoms with E-state index in [0.29, 0.717) is 0 Å². The quantitative estimate of drug-likeness (QED) is 0.642. The first-order valence-electron chi connectivity index (χ1n) is 4.53. The van der Waals surface area contributed by atoms with Gasteiger partial charge in [0.15, 0.2) is 0 Å². The molecule has 15 heavy (non-hydrogen) atoms. The predicted molar refractivity (Wildman–Crippen MR) is 64.6 cm³/mol. The first-order valence-corrected chi connectivity index (χ1v) is 5.32. The Morgan fingerprint density at radius 3 is 2.47 bits per heavy atom. The summed E-state index contributed by atoms with van der Waals surface area (Å²) in [5.41, 5.74) is 1.07. The molecule has 3 heterocycles. The van der Waals surface area contributed by atoms with Crippen molar-refractivity contribution < 1.29 is 0 Å². The van der Waals surface area contributed by atoms with Crippen LogP contribution in [0.2, 0.25) is 0 Å². The number of hydrogen-bond donors (Lipinski definition) is 2. The Balaban J connectivity index is 0.000000124. The van der Waals surface area contributed by atoms with Crippen LogP contribution in [-0.4, -0.2) is 15.0 Å². The summed E-state index contributed by atoms with van der Waals surface area (Å²) in [5.74, 6) is 0. The molecule has 0 aliphatic heterocycles. The van der Waals surface area contributed by atoms with Gasteiger partial charge in [-0.25, -0.2) is 0 Å². The van der Waals surface area contributed by atoms with E-state index in [0.717, 1.165) is 10.3 Å². The number of hydrogen-bond acceptors (Lipinski definition) is 1. The van der Waals surface area contributed by atoms with Gasteiger partial charge in [0, 0.05) is 24.0 Å². The number of H-pyrrole nitrogens is 2. The van der Waals surface area contributed by atoms with Crippen LogP contribution in [0.1, 0.15) is 0 Å². The van der Waals surface area contributed by atoms with Gasteiger partial charge >= 0.3 is 0 Å². The topological polar surface area (TPSA) is 44.5 Å².